The van der Waals surface area contributed by atoms with Gasteiger partial charge in [-0.05, 0) is 18.3 Å². The standard InChI is InChI=1S/C16H30N2O2/c1-7-12(8-2)11(3)18-10-9-13(19)17-14(15(18)20)16(4,5)6/h11-12,14H,7-10H2,1-6H3,(H,17,19). The summed E-state index contributed by atoms with van der Waals surface area (Å²) >= 11 is 0. The maximum Gasteiger partial charge on any atom is 0.245 e. The van der Waals surface area contributed by atoms with Crippen molar-refractivity contribution in [2.24, 2.45) is 11.3 Å². The van der Waals surface area contributed by atoms with Gasteiger partial charge in [-0.1, -0.05) is 47.5 Å². The Labute approximate surface area is 123 Å². The van der Waals surface area contributed by atoms with Crippen LogP contribution < -0.4 is 5.32 Å². The van der Waals surface area contributed by atoms with E-state index in [-0.39, 0.29) is 23.3 Å². The minimum Gasteiger partial charge on any atom is -0.344 e. The minimum atomic E-state index is -0.422. The van der Waals surface area contributed by atoms with Gasteiger partial charge in [0.15, 0.2) is 0 Å². The van der Waals surface area contributed by atoms with E-state index < -0.39 is 6.04 Å². The van der Waals surface area contributed by atoms with Crippen molar-refractivity contribution in [2.75, 3.05) is 6.54 Å². The van der Waals surface area contributed by atoms with Gasteiger partial charge in [0.2, 0.25) is 11.8 Å². The molecule has 1 N–H and O–H groups in total. The molecule has 0 saturated carbocycles. The number of carbonyl (C=O) groups excluding carboxylic acids is 2. The first-order chi connectivity index (χ1) is 9.22. The molecule has 2 amide bonds. The fraction of sp³-hybridized carbons (Fsp3) is 0.875. The van der Waals surface area contributed by atoms with Gasteiger partial charge in [0.1, 0.15) is 6.04 Å². The van der Waals surface area contributed by atoms with Crippen molar-refractivity contribution in [3.05, 3.63) is 0 Å². The van der Waals surface area contributed by atoms with Crippen molar-refractivity contribution in [1.29, 1.82) is 0 Å². The number of amides is 2. The number of nitrogens with zero attached hydrogens (tertiary/aromatic N) is 1. The molecule has 116 valence electrons. The first-order valence-electron chi connectivity index (χ1n) is 7.82. The van der Waals surface area contributed by atoms with Gasteiger partial charge in [0, 0.05) is 19.0 Å². The third kappa shape index (κ3) is 3.74. The zero-order valence-electron chi connectivity index (χ0n) is 13.8. The lowest BCUT2D eigenvalue weighted by Gasteiger charge is -2.37. The van der Waals surface area contributed by atoms with E-state index >= 15 is 0 Å². The predicted molar refractivity (Wildman–Crippen MR) is 81.2 cm³/mol. The second-order valence-corrected chi connectivity index (χ2v) is 6.97. The first kappa shape index (κ1) is 17.0. The third-order valence-electron chi connectivity index (χ3n) is 4.50. The van der Waals surface area contributed by atoms with Crippen LogP contribution in [0.25, 0.3) is 0 Å². The van der Waals surface area contributed by atoms with Crippen LogP contribution in [0.5, 0.6) is 0 Å². The quantitative estimate of drug-likeness (QED) is 0.861. The molecule has 0 aromatic rings. The highest BCUT2D eigenvalue weighted by molar-refractivity contribution is 5.90. The van der Waals surface area contributed by atoms with Crippen LogP contribution >= 0.6 is 0 Å². The van der Waals surface area contributed by atoms with Crippen molar-refractivity contribution in [3.8, 4) is 0 Å². The number of rotatable bonds is 4. The van der Waals surface area contributed by atoms with E-state index in [9.17, 15) is 9.59 Å². The van der Waals surface area contributed by atoms with Crippen LogP contribution in [0.3, 0.4) is 0 Å². The van der Waals surface area contributed by atoms with Crippen LogP contribution in [0.1, 0.15) is 60.8 Å². The van der Waals surface area contributed by atoms with Gasteiger partial charge < -0.3 is 10.2 Å². The summed E-state index contributed by atoms with van der Waals surface area (Å²) in [4.78, 5) is 26.6. The van der Waals surface area contributed by atoms with E-state index in [1.54, 1.807) is 0 Å². The van der Waals surface area contributed by atoms with Crippen molar-refractivity contribution >= 4 is 11.8 Å². The number of hydrogen-bond donors (Lipinski definition) is 1. The highest BCUT2D eigenvalue weighted by atomic mass is 16.2. The molecule has 4 heteroatoms. The van der Waals surface area contributed by atoms with Crippen LogP contribution in [0.4, 0.5) is 0 Å². The fourth-order valence-electron chi connectivity index (χ4n) is 3.01. The van der Waals surface area contributed by atoms with Crippen molar-refractivity contribution in [3.63, 3.8) is 0 Å². The average Bonchev–Trinajstić information content (AvgIpc) is 2.50. The van der Waals surface area contributed by atoms with Crippen LogP contribution in [0.2, 0.25) is 0 Å². The molecule has 1 saturated heterocycles. The molecule has 4 nitrogen and oxygen atoms in total. The first-order valence-corrected chi connectivity index (χ1v) is 7.82. The highest BCUT2D eigenvalue weighted by Crippen LogP contribution is 2.26. The van der Waals surface area contributed by atoms with Gasteiger partial charge in [-0.2, -0.15) is 0 Å². The second kappa shape index (κ2) is 6.59. The molecule has 2 unspecified atom stereocenters. The monoisotopic (exact) mass is 282 g/mol. The van der Waals surface area contributed by atoms with E-state index in [1.165, 1.54) is 0 Å². The number of nitrogens with one attached hydrogen (secondary N) is 1. The molecule has 0 bridgehead atoms. The molecule has 0 radical (unpaired) electrons. The summed E-state index contributed by atoms with van der Waals surface area (Å²) in [6.07, 6.45) is 2.52. The summed E-state index contributed by atoms with van der Waals surface area (Å²) < 4.78 is 0. The van der Waals surface area contributed by atoms with Gasteiger partial charge in [0.25, 0.3) is 0 Å². The maximum absolute atomic E-state index is 12.8. The molecule has 1 fully saturated rings. The van der Waals surface area contributed by atoms with E-state index in [1.807, 2.05) is 25.7 Å². The highest BCUT2D eigenvalue weighted by Gasteiger charge is 2.40. The predicted octanol–water partition coefficient (Wildman–Crippen LogP) is 2.57. The zero-order valence-corrected chi connectivity index (χ0v) is 13.8. The zero-order chi connectivity index (χ0) is 15.5. The Morgan fingerprint density at radius 2 is 1.80 bits per heavy atom. The van der Waals surface area contributed by atoms with E-state index in [0.717, 1.165) is 12.8 Å². The van der Waals surface area contributed by atoms with Crippen molar-refractivity contribution in [2.45, 2.75) is 72.9 Å². The van der Waals surface area contributed by atoms with Gasteiger partial charge in [-0.25, -0.2) is 0 Å². The Balaban J connectivity index is 3.01. The molecule has 1 aliphatic heterocycles. The number of hydrogen-bond acceptors (Lipinski definition) is 2. The molecule has 20 heavy (non-hydrogen) atoms. The van der Waals surface area contributed by atoms with Gasteiger partial charge in [0.05, 0.1) is 0 Å². The van der Waals surface area contributed by atoms with Crippen LogP contribution in [0, 0.1) is 11.3 Å². The van der Waals surface area contributed by atoms with Gasteiger partial charge in [-0.15, -0.1) is 0 Å². The normalized spacial score (nSPS) is 22.8. The maximum atomic E-state index is 12.8. The Kier molecular flexibility index (Phi) is 5.60. The van der Waals surface area contributed by atoms with Gasteiger partial charge in [-0.3, -0.25) is 9.59 Å². The topological polar surface area (TPSA) is 49.4 Å². The van der Waals surface area contributed by atoms with Crippen LogP contribution in [-0.2, 0) is 9.59 Å². The van der Waals surface area contributed by atoms with Gasteiger partial charge >= 0.3 is 0 Å². The molecule has 2 atom stereocenters. The molecule has 1 heterocycles. The Morgan fingerprint density at radius 1 is 1.25 bits per heavy atom. The SMILES string of the molecule is CCC(CC)C(C)N1CCC(=O)NC(C(C)(C)C)C1=O. The molecule has 1 aliphatic rings. The third-order valence-corrected chi connectivity index (χ3v) is 4.50. The summed E-state index contributed by atoms with van der Waals surface area (Å²) in [6.45, 7) is 13.0. The van der Waals surface area contributed by atoms with Crippen molar-refractivity contribution in [1.82, 2.24) is 10.2 Å². The summed E-state index contributed by atoms with van der Waals surface area (Å²) in [5.74, 6) is 0.549. The summed E-state index contributed by atoms with van der Waals surface area (Å²) in [6, 6.07) is -0.232. The summed E-state index contributed by atoms with van der Waals surface area (Å²) in [5, 5.41) is 2.90. The molecule has 0 aliphatic carbocycles. The summed E-state index contributed by atoms with van der Waals surface area (Å²) in [7, 11) is 0. The average molecular weight is 282 g/mol. The Bertz CT molecular complexity index is 356. The lowest BCUT2D eigenvalue weighted by molar-refractivity contribution is -0.139. The summed E-state index contributed by atoms with van der Waals surface area (Å²) in [5.41, 5.74) is -0.261. The molecule has 0 aromatic heterocycles. The fourth-order valence-corrected chi connectivity index (χ4v) is 3.01. The Hall–Kier alpha value is -1.06. The molecular formula is C16H30N2O2. The Morgan fingerprint density at radius 3 is 2.25 bits per heavy atom. The van der Waals surface area contributed by atoms with E-state index in [2.05, 4.69) is 26.1 Å². The van der Waals surface area contributed by atoms with Crippen molar-refractivity contribution < 1.29 is 9.59 Å². The lowest BCUT2D eigenvalue weighted by atomic mass is 9.85. The molecular weight excluding hydrogens is 252 g/mol. The molecule has 0 spiro atoms. The van der Waals surface area contributed by atoms with E-state index in [0.29, 0.717) is 18.9 Å². The minimum absolute atomic E-state index is 0.0162. The van der Waals surface area contributed by atoms with E-state index in [4.69, 9.17) is 0 Å². The smallest absolute Gasteiger partial charge is 0.245 e. The second-order valence-electron chi connectivity index (χ2n) is 6.97. The lowest BCUT2D eigenvalue weighted by Crippen LogP contribution is -2.54. The van der Waals surface area contributed by atoms with Crippen LogP contribution in [-0.4, -0.2) is 35.3 Å². The van der Waals surface area contributed by atoms with Crippen LogP contribution in [0.15, 0.2) is 0 Å². The largest absolute Gasteiger partial charge is 0.344 e. The molecule has 0 aromatic carbocycles. The number of carbonyl (C=O) groups is 2. The molecule has 1 rings (SSSR count).